The first-order chi connectivity index (χ1) is 15.3. The Labute approximate surface area is 192 Å². The molecule has 0 heterocycles. The fourth-order valence-corrected chi connectivity index (χ4v) is 5.18. The highest BCUT2D eigenvalue weighted by Crippen LogP contribution is 2.30. The predicted octanol–water partition coefficient (Wildman–Crippen LogP) is 4.29. The third-order valence-electron chi connectivity index (χ3n) is 6.90. The van der Waals surface area contributed by atoms with E-state index < -0.39 is 23.8 Å². The SMILES string of the molecule is C=CCC(C(=O)NO)[C@@H](CC(C)C)C(=O)NC(CC1CCCCC1)C(=O)OC1CCCC1. The van der Waals surface area contributed by atoms with Crippen molar-refractivity contribution in [1.82, 2.24) is 10.8 Å². The minimum absolute atomic E-state index is 0.0617. The zero-order valence-corrected chi connectivity index (χ0v) is 19.8. The Hall–Kier alpha value is -1.89. The molecule has 2 fully saturated rings. The Morgan fingerprint density at radius 1 is 1.00 bits per heavy atom. The van der Waals surface area contributed by atoms with Crippen molar-refractivity contribution >= 4 is 17.8 Å². The Bertz CT molecular complexity index is 624. The van der Waals surface area contributed by atoms with E-state index in [2.05, 4.69) is 11.9 Å². The molecular formula is C25H42N2O5. The van der Waals surface area contributed by atoms with Crippen LogP contribution in [0.5, 0.6) is 0 Å². The van der Waals surface area contributed by atoms with Gasteiger partial charge in [0.25, 0.3) is 0 Å². The maximum Gasteiger partial charge on any atom is 0.328 e. The zero-order chi connectivity index (χ0) is 23.5. The summed E-state index contributed by atoms with van der Waals surface area (Å²) in [5.74, 6) is -2.17. The Morgan fingerprint density at radius 2 is 1.62 bits per heavy atom. The van der Waals surface area contributed by atoms with Crippen molar-refractivity contribution in [3.8, 4) is 0 Å². The first-order valence-corrected chi connectivity index (χ1v) is 12.4. The molecule has 0 spiro atoms. The van der Waals surface area contributed by atoms with E-state index in [4.69, 9.17) is 4.74 Å². The molecule has 0 saturated heterocycles. The molecule has 7 heteroatoms. The van der Waals surface area contributed by atoms with Crippen molar-refractivity contribution in [1.29, 1.82) is 0 Å². The molecule has 182 valence electrons. The molecule has 2 rings (SSSR count). The Balaban J connectivity index is 2.17. The van der Waals surface area contributed by atoms with E-state index in [1.807, 2.05) is 13.8 Å². The lowest BCUT2D eigenvalue weighted by Crippen LogP contribution is -2.49. The Morgan fingerprint density at radius 3 is 2.19 bits per heavy atom. The lowest BCUT2D eigenvalue weighted by molar-refractivity contribution is -0.154. The number of hydrogen-bond donors (Lipinski definition) is 3. The van der Waals surface area contributed by atoms with Crippen LogP contribution in [-0.2, 0) is 19.1 Å². The number of hydrogen-bond acceptors (Lipinski definition) is 5. The lowest BCUT2D eigenvalue weighted by atomic mass is 9.81. The molecule has 0 aliphatic heterocycles. The lowest BCUT2D eigenvalue weighted by Gasteiger charge is -2.30. The third kappa shape index (κ3) is 8.23. The van der Waals surface area contributed by atoms with Gasteiger partial charge >= 0.3 is 5.97 Å². The van der Waals surface area contributed by atoms with Crippen LogP contribution in [0.1, 0.15) is 90.9 Å². The van der Waals surface area contributed by atoms with E-state index in [-0.39, 0.29) is 30.3 Å². The fourth-order valence-electron chi connectivity index (χ4n) is 5.18. The first-order valence-electron chi connectivity index (χ1n) is 12.4. The number of nitrogens with one attached hydrogen (secondary N) is 2. The monoisotopic (exact) mass is 450 g/mol. The molecule has 0 aromatic rings. The van der Waals surface area contributed by atoms with Crippen molar-refractivity contribution in [2.45, 2.75) is 103 Å². The molecule has 7 nitrogen and oxygen atoms in total. The van der Waals surface area contributed by atoms with Gasteiger partial charge in [0.2, 0.25) is 11.8 Å². The van der Waals surface area contributed by atoms with E-state index in [0.29, 0.717) is 18.8 Å². The van der Waals surface area contributed by atoms with Gasteiger partial charge in [-0.2, -0.15) is 0 Å². The molecule has 2 aliphatic rings. The average Bonchev–Trinajstić information content (AvgIpc) is 3.28. The quantitative estimate of drug-likeness (QED) is 0.178. The number of hydroxylamine groups is 1. The van der Waals surface area contributed by atoms with Gasteiger partial charge in [-0.3, -0.25) is 14.8 Å². The summed E-state index contributed by atoms with van der Waals surface area (Å²) in [6.45, 7) is 7.66. The molecule has 2 saturated carbocycles. The molecule has 2 unspecified atom stereocenters. The van der Waals surface area contributed by atoms with Crippen molar-refractivity contribution in [2.24, 2.45) is 23.7 Å². The predicted molar refractivity (Wildman–Crippen MR) is 123 cm³/mol. The summed E-state index contributed by atoms with van der Waals surface area (Å²) in [5, 5.41) is 12.2. The Kier molecular flexibility index (Phi) is 11.2. The molecule has 2 amide bonds. The van der Waals surface area contributed by atoms with Crippen LogP contribution in [0.15, 0.2) is 12.7 Å². The van der Waals surface area contributed by atoms with Gasteiger partial charge in [0.05, 0.1) is 11.8 Å². The second-order valence-electron chi connectivity index (χ2n) is 9.99. The standard InChI is InChI=1S/C25H42N2O5/c1-4-10-20(24(29)27-31)21(15-17(2)3)23(28)26-22(16-18-11-6-5-7-12-18)25(30)32-19-13-8-9-14-19/h4,17-22,31H,1,5-16H2,2-3H3,(H,26,28)(H,27,29)/t20?,21-,22?/m1/s1. The van der Waals surface area contributed by atoms with Gasteiger partial charge in [-0.1, -0.05) is 52.0 Å². The van der Waals surface area contributed by atoms with Crippen LogP contribution >= 0.6 is 0 Å². The number of carbonyl (C=O) groups excluding carboxylic acids is 3. The smallest absolute Gasteiger partial charge is 0.328 e. The van der Waals surface area contributed by atoms with Crippen molar-refractivity contribution in [3.05, 3.63) is 12.7 Å². The van der Waals surface area contributed by atoms with E-state index in [1.165, 1.54) is 6.42 Å². The summed E-state index contributed by atoms with van der Waals surface area (Å²) in [7, 11) is 0. The minimum Gasteiger partial charge on any atom is -0.461 e. The summed E-state index contributed by atoms with van der Waals surface area (Å²) in [6, 6.07) is -0.706. The highest BCUT2D eigenvalue weighted by Gasteiger charge is 2.37. The molecule has 3 atom stereocenters. The summed E-state index contributed by atoms with van der Waals surface area (Å²) in [5.41, 5.74) is 1.69. The first kappa shape index (κ1) is 26.4. The molecule has 0 aromatic carbocycles. The van der Waals surface area contributed by atoms with Crippen molar-refractivity contribution in [2.75, 3.05) is 0 Å². The largest absolute Gasteiger partial charge is 0.461 e. The fraction of sp³-hybridized carbons (Fsp3) is 0.800. The molecule has 0 bridgehead atoms. The number of allylic oxidation sites excluding steroid dienone is 1. The van der Waals surface area contributed by atoms with Crippen LogP contribution < -0.4 is 10.8 Å². The van der Waals surface area contributed by atoms with Gasteiger partial charge in [-0.25, -0.2) is 10.3 Å². The van der Waals surface area contributed by atoms with Crippen LogP contribution in [0.4, 0.5) is 0 Å². The van der Waals surface area contributed by atoms with Gasteiger partial charge in [-0.15, -0.1) is 6.58 Å². The molecule has 3 N–H and O–H groups in total. The maximum atomic E-state index is 13.4. The summed E-state index contributed by atoms with van der Waals surface area (Å²) in [6.07, 6.45) is 12.3. The minimum atomic E-state index is -0.749. The van der Waals surface area contributed by atoms with Crippen LogP contribution in [-0.4, -0.2) is 35.1 Å². The molecule has 32 heavy (non-hydrogen) atoms. The van der Waals surface area contributed by atoms with Gasteiger partial charge in [0.15, 0.2) is 0 Å². The molecular weight excluding hydrogens is 408 g/mol. The van der Waals surface area contributed by atoms with Gasteiger partial charge in [-0.05, 0) is 56.8 Å². The van der Waals surface area contributed by atoms with E-state index in [9.17, 15) is 19.6 Å². The highest BCUT2D eigenvalue weighted by atomic mass is 16.5. The van der Waals surface area contributed by atoms with Crippen LogP contribution in [0.2, 0.25) is 0 Å². The van der Waals surface area contributed by atoms with Crippen molar-refractivity contribution < 1.29 is 24.3 Å². The summed E-state index contributed by atoms with van der Waals surface area (Å²) >= 11 is 0. The molecule has 0 radical (unpaired) electrons. The zero-order valence-electron chi connectivity index (χ0n) is 19.8. The second-order valence-corrected chi connectivity index (χ2v) is 9.99. The summed E-state index contributed by atoms with van der Waals surface area (Å²) < 4.78 is 5.76. The second kappa shape index (κ2) is 13.6. The van der Waals surface area contributed by atoms with Crippen LogP contribution in [0, 0.1) is 23.7 Å². The number of ether oxygens (including phenoxy) is 1. The van der Waals surface area contributed by atoms with E-state index in [0.717, 1.165) is 51.4 Å². The van der Waals surface area contributed by atoms with E-state index >= 15 is 0 Å². The summed E-state index contributed by atoms with van der Waals surface area (Å²) in [4.78, 5) is 38.8. The van der Waals surface area contributed by atoms with Gasteiger partial charge in [0, 0.05) is 0 Å². The van der Waals surface area contributed by atoms with Crippen molar-refractivity contribution in [3.63, 3.8) is 0 Å². The normalized spacial score (nSPS) is 20.4. The number of rotatable bonds is 12. The van der Waals surface area contributed by atoms with E-state index in [1.54, 1.807) is 11.6 Å². The molecule has 0 aromatic heterocycles. The highest BCUT2D eigenvalue weighted by molar-refractivity contribution is 5.90. The van der Waals surface area contributed by atoms with Crippen LogP contribution in [0.3, 0.4) is 0 Å². The number of carbonyl (C=O) groups is 3. The van der Waals surface area contributed by atoms with Gasteiger partial charge in [0.1, 0.15) is 12.1 Å². The van der Waals surface area contributed by atoms with Crippen LogP contribution in [0.25, 0.3) is 0 Å². The average molecular weight is 451 g/mol. The third-order valence-corrected chi connectivity index (χ3v) is 6.90. The molecule has 2 aliphatic carbocycles. The number of esters is 1. The number of amides is 2. The topological polar surface area (TPSA) is 105 Å². The van der Waals surface area contributed by atoms with Gasteiger partial charge < -0.3 is 10.1 Å². The maximum absolute atomic E-state index is 13.4.